The Hall–Kier alpha value is -2.44. The molecule has 2 aliphatic heterocycles. The van der Waals surface area contributed by atoms with Gasteiger partial charge in [-0.05, 0) is 42.5 Å². The third kappa shape index (κ3) is 4.18. The highest BCUT2D eigenvalue weighted by Gasteiger charge is 2.30. The zero-order valence-corrected chi connectivity index (χ0v) is 15.9. The zero-order valence-electron chi connectivity index (χ0n) is 15.9. The van der Waals surface area contributed by atoms with Crippen molar-refractivity contribution in [2.24, 2.45) is 5.92 Å². The quantitative estimate of drug-likeness (QED) is 0.824. The first-order valence-corrected chi connectivity index (χ1v) is 10.1. The summed E-state index contributed by atoms with van der Waals surface area (Å²) in [5.74, 6) is -0.466. The Bertz CT molecular complexity index is 842. The van der Waals surface area contributed by atoms with Gasteiger partial charge in [-0.15, -0.1) is 0 Å². The molecule has 2 saturated heterocycles. The van der Waals surface area contributed by atoms with E-state index in [0.29, 0.717) is 25.3 Å². The van der Waals surface area contributed by atoms with Crippen LogP contribution in [0.15, 0.2) is 42.5 Å². The number of hydroxylamine groups is 1. The van der Waals surface area contributed by atoms with Gasteiger partial charge in [-0.2, -0.15) is 0 Å². The van der Waals surface area contributed by atoms with E-state index in [-0.39, 0.29) is 24.0 Å². The molecule has 0 aromatic heterocycles. The average molecular weight is 382 g/mol. The van der Waals surface area contributed by atoms with Gasteiger partial charge in [0.2, 0.25) is 5.91 Å². The average Bonchev–Trinajstić information content (AvgIpc) is 2.77. The molecular weight excluding hydrogens is 356 g/mol. The summed E-state index contributed by atoms with van der Waals surface area (Å²) < 4.78 is 5.47. The topological polar surface area (TPSA) is 67.9 Å². The number of carbonyl (C=O) groups excluding carboxylic acids is 2. The molecule has 0 saturated carbocycles. The maximum absolute atomic E-state index is 13.1. The van der Waals surface area contributed by atoms with Crippen LogP contribution in [0.2, 0.25) is 0 Å². The van der Waals surface area contributed by atoms with Gasteiger partial charge in [0.15, 0.2) is 6.29 Å². The summed E-state index contributed by atoms with van der Waals surface area (Å²) in [5.41, 5.74) is 3.24. The van der Waals surface area contributed by atoms with E-state index in [1.165, 1.54) is 0 Å². The van der Waals surface area contributed by atoms with E-state index in [2.05, 4.69) is 5.48 Å². The van der Waals surface area contributed by atoms with E-state index < -0.39 is 0 Å². The Morgan fingerprint density at radius 2 is 1.89 bits per heavy atom. The molecule has 2 heterocycles. The summed E-state index contributed by atoms with van der Waals surface area (Å²) in [7, 11) is 0. The molecule has 0 radical (unpaired) electrons. The van der Waals surface area contributed by atoms with Gasteiger partial charge in [-0.3, -0.25) is 9.59 Å². The van der Waals surface area contributed by atoms with Crippen molar-refractivity contribution in [1.29, 1.82) is 0 Å². The molecule has 0 aliphatic carbocycles. The van der Waals surface area contributed by atoms with Crippen molar-refractivity contribution < 1.29 is 19.2 Å². The molecule has 4 rings (SSSR count). The van der Waals surface area contributed by atoms with Crippen molar-refractivity contribution in [3.63, 3.8) is 0 Å². The lowest BCUT2D eigenvalue weighted by molar-refractivity contribution is -0.202. The number of piperidine rings is 1. The van der Waals surface area contributed by atoms with Crippen molar-refractivity contribution in [3.05, 3.63) is 48.0 Å². The minimum atomic E-state index is -0.366. The van der Waals surface area contributed by atoms with Crippen LogP contribution >= 0.6 is 0 Å². The summed E-state index contributed by atoms with van der Waals surface area (Å²) in [6.07, 6.45) is 4.04. The number of nitrogens with one attached hydrogen (secondary N) is 1. The van der Waals surface area contributed by atoms with Gasteiger partial charge in [0, 0.05) is 31.7 Å². The van der Waals surface area contributed by atoms with Crippen LogP contribution in [0, 0.1) is 5.92 Å². The molecule has 0 spiro atoms. The maximum Gasteiger partial charge on any atom is 0.254 e. The second-order valence-electron chi connectivity index (χ2n) is 7.50. The Morgan fingerprint density at radius 3 is 2.75 bits per heavy atom. The first-order valence-electron chi connectivity index (χ1n) is 10.1. The molecule has 148 valence electrons. The van der Waals surface area contributed by atoms with E-state index in [1.807, 2.05) is 42.5 Å². The van der Waals surface area contributed by atoms with Crippen LogP contribution < -0.4 is 5.48 Å². The maximum atomic E-state index is 13.1. The predicted molar refractivity (Wildman–Crippen MR) is 105 cm³/mol. The highest BCUT2D eigenvalue weighted by atomic mass is 16.8. The number of likely N-dealkylation sites (tertiary alicyclic amines) is 1. The van der Waals surface area contributed by atoms with Crippen molar-refractivity contribution in [2.45, 2.75) is 38.4 Å². The van der Waals surface area contributed by atoms with E-state index in [0.717, 1.165) is 42.9 Å². The first kappa shape index (κ1) is 18.9. The monoisotopic (exact) mass is 382 g/mol. The normalized spacial score (nSPS) is 22.8. The summed E-state index contributed by atoms with van der Waals surface area (Å²) in [5, 5.41) is 1.99. The van der Waals surface area contributed by atoms with E-state index in [1.54, 1.807) is 4.90 Å². The second kappa shape index (κ2) is 8.71. The molecule has 2 aromatic rings. The Labute approximate surface area is 164 Å². The molecule has 2 aromatic carbocycles. The molecule has 1 N–H and O–H groups in total. The summed E-state index contributed by atoms with van der Waals surface area (Å²) in [6, 6.07) is 13.6. The number of carbonyl (C=O) groups is 2. The molecule has 2 aliphatic rings. The summed E-state index contributed by atoms with van der Waals surface area (Å²) in [6.45, 7) is 1.73. The number of ether oxygens (including phenoxy) is 1. The van der Waals surface area contributed by atoms with Crippen LogP contribution in [0.25, 0.3) is 10.8 Å². The fourth-order valence-electron chi connectivity index (χ4n) is 3.97. The van der Waals surface area contributed by atoms with Crippen LogP contribution in [-0.2, 0) is 14.4 Å². The Kier molecular flexibility index (Phi) is 5.88. The number of nitrogens with zero attached hydrogens (tertiary/aromatic N) is 1. The largest absolute Gasteiger partial charge is 0.350 e. The molecule has 2 atom stereocenters. The molecule has 28 heavy (non-hydrogen) atoms. The highest BCUT2D eigenvalue weighted by molar-refractivity contribution is 6.07. The number of benzene rings is 2. The summed E-state index contributed by atoms with van der Waals surface area (Å²) in [4.78, 5) is 32.9. The number of hydrogen-bond acceptors (Lipinski definition) is 4. The minimum absolute atomic E-state index is 0.0224. The lowest BCUT2D eigenvalue weighted by Crippen LogP contribution is -2.46. The molecule has 0 bridgehead atoms. The highest BCUT2D eigenvalue weighted by Crippen LogP contribution is 2.24. The number of rotatable bonds is 4. The fraction of sp³-hybridized carbons (Fsp3) is 0.455. The third-order valence-corrected chi connectivity index (χ3v) is 5.53. The van der Waals surface area contributed by atoms with Gasteiger partial charge in [0.05, 0.1) is 5.92 Å². The molecule has 2 amide bonds. The molecule has 6 heteroatoms. The van der Waals surface area contributed by atoms with Crippen molar-refractivity contribution in [3.8, 4) is 0 Å². The standard InChI is InChI=1S/C22H26N2O4/c25-21(23-28-20-12-3-4-14-27-20)17-9-6-13-24(15-17)22(26)19-11-5-8-16-7-1-2-10-18(16)19/h1-2,5,7-8,10-11,17,20H,3-4,6,9,12-15H2,(H,23,25). The van der Waals surface area contributed by atoms with Crippen molar-refractivity contribution >= 4 is 22.6 Å². The van der Waals surface area contributed by atoms with Crippen molar-refractivity contribution in [2.75, 3.05) is 19.7 Å². The second-order valence-corrected chi connectivity index (χ2v) is 7.50. The SMILES string of the molecule is O=C(NOC1CCCCO1)C1CCCN(C(=O)c2cccc3ccccc23)C1. The summed E-state index contributed by atoms with van der Waals surface area (Å²) >= 11 is 0. The first-order chi connectivity index (χ1) is 13.7. The molecule has 6 nitrogen and oxygen atoms in total. The molecule has 2 fully saturated rings. The lowest BCUT2D eigenvalue weighted by Gasteiger charge is -2.32. The fourth-order valence-corrected chi connectivity index (χ4v) is 3.97. The molecular formula is C22H26N2O4. The van der Waals surface area contributed by atoms with Gasteiger partial charge in [0.25, 0.3) is 5.91 Å². The van der Waals surface area contributed by atoms with E-state index >= 15 is 0 Å². The third-order valence-electron chi connectivity index (χ3n) is 5.53. The Balaban J connectivity index is 1.40. The number of fused-ring (bicyclic) bond motifs is 1. The van der Waals surface area contributed by atoms with Crippen LogP contribution in [0.4, 0.5) is 0 Å². The van der Waals surface area contributed by atoms with Crippen LogP contribution in [-0.4, -0.2) is 42.7 Å². The van der Waals surface area contributed by atoms with E-state index in [4.69, 9.17) is 9.57 Å². The zero-order chi connectivity index (χ0) is 19.3. The number of hydrogen-bond donors (Lipinski definition) is 1. The van der Waals surface area contributed by atoms with E-state index in [9.17, 15) is 9.59 Å². The molecule has 2 unspecified atom stereocenters. The number of amides is 2. The lowest BCUT2D eigenvalue weighted by atomic mass is 9.96. The van der Waals surface area contributed by atoms with Gasteiger partial charge < -0.3 is 9.64 Å². The predicted octanol–water partition coefficient (Wildman–Crippen LogP) is 3.27. The smallest absolute Gasteiger partial charge is 0.254 e. The minimum Gasteiger partial charge on any atom is -0.350 e. The van der Waals surface area contributed by atoms with Gasteiger partial charge in [-0.25, -0.2) is 10.3 Å². The van der Waals surface area contributed by atoms with Gasteiger partial charge in [-0.1, -0.05) is 36.4 Å². The Morgan fingerprint density at radius 1 is 1.04 bits per heavy atom. The van der Waals surface area contributed by atoms with Crippen LogP contribution in [0.3, 0.4) is 0 Å². The van der Waals surface area contributed by atoms with Gasteiger partial charge >= 0.3 is 0 Å². The van der Waals surface area contributed by atoms with Crippen LogP contribution in [0.5, 0.6) is 0 Å². The van der Waals surface area contributed by atoms with Gasteiger partial charge in [0.1, 0.15) is 0 Å². The van der Waals surface area contributed by atoms with Crippen molar-refractivity contribution in [1.82, 2.24) is 10.4 Å². The van der Waals surface area contributed by atoms with Crippen LogP contribution in [0.1, 0.15) is 42.5 Å².